The number of aromatic nitrogens is 2. The molecule has 1 heterocycles. The Hall–Kier alpha value is -0.940. The molecule has 3 nitrogen and oxygen atoms in total. The molecule has 0 radical (unpaired) electrons. The average molecular weight is 385 g/mol. The van der Waals surface area contributed by atoms with Gasteiger partial charge in [0.15, 0.2) is 5.82 Å². The van der Waals surface area contributed by atoms with E-state index in [0.29, 0.717) is 0 Å². The molecule has 0 saturated heterocycles. The lowest BCUT2D eigenvalue weighted by molar-refractivity contribution is 0.984. The first-order chi connectivity index (χ1) is 9.15. The maximum Gasteiger partial charge on any atom is 0.161 e. The molecule has 0 unspecified atom stereocenters. The molecule has 0 aliphatic rings. The summed E-state index contributed by atoms with van der Waals surface area (Å²) in [6, 6.07) is 8.03. The molecule has 0 atom stereocenters. The van der Waals surface area contributed by atoms with E-state index in [4.69, 9.17) is 0 Å². The Bertz CT molecular complexity index is 568. The van der Waals surface area contributed by atoms with Crippen molar-refractivity contribution >= 4 is 37.7 Å². The van der Waals surface area contributed by atoms with E-state index in [0.717, 1.165) is 44.8 Å². The van der Waals surface area contributed by atoms with E-state index in [1.165, 1.54) is 0 Å². The summed E-state index contributed by atoms with van der Waals surface area (Å²) >= 11 is 7.00. The van der Waals surface area contributed by atoms with Crippen molar-refractivity contribution in [3.63, 3.8) is 0 Å². The topological polar surface area (TPSA) is 37.8 Å². The number of halogens is 2. The molecule has 2 rings (SSSR count). The van der Waals surface area contributed by atoms with E-state index in [1.54, 1.807) is 0 Å². The number of hydrogen-bond acceptors (Lipinski definition) is 3. The predicted octanol–water partition coefficient (Wildman–Crippen LogP) is 4.66. The molecule has 2 aromatic rings. The highest BCUT2D eigenvalue weighted by atomic mass is 79.9. The Kier molecular flexibility index (Phi) is 4.93. The summed E-state index contributed by atoms with van der Waals surface area (Å²) in [6.07, 6.45) is 0.866. The standard InChI is InChI=1S/C14H15Br2N3/c1-3-11-12(16)14(17-4-2)19-13(18-11)9-5-7-10(15)8-6-9/h5-8H,3-4H2,1-2H3,(H,17,18,19). The number of hydrogen-bond donors (Lipinski definition) is 1. The van der Waals surface area contributed by atoms with Gasteiger partial charge in [-0.25, -0.2) is 9.97 Å². The van der Waals surface area contributed by atoms with Gasteiger partial charge in [-0.3, -0.25) is 0 Å². The molecule has 0 fully saturated rings. The summed E-state index contributed by atoms with van der Waals surface area (Å²) in [5.41, 5.74) is 2.04. The molecular weight excluding hydrogens is 370 g/mol. The molecule has 5 heteroatoms. The molecule has 0 bridgehead atoms. The Morgan fingerprint density at radius 1 is 1.05 bits per heavy atom. The van der Waals surface area contributed by atoms with Crippen molar-refractivity contribution in [1.29, 1.82) is 0 Å². The molecule has 0 aliphatic heterocycles. The first-order valence-electron chi connectivity index (χ1n) is 6.22. The minimum absolute atomic E-state index is 0.753. The zero-order valence-corrected chi connectivity index (χ0v) is 14.0. The van der Waals surface area contributed by atoms with Crippen LogP contribution < -0.4 is 5.32 Å². The van der Waals surface area contributed by atoms with Crippen molar-refractivity contribution in [2.24, 2.45) is 0 Å². The second-order valence-electron chi connectivity index (χ2n) is 4.05. The Labute approximate surface area is 130 Å². The zero-order chi connectivity index (χ0) is 13.8. The summed E-state index contributed by atoms with van der Waals surface area (Å²) in [7, 11) is 0. The summed E-state index contributed by atoms with van der Waals surface area (Å²) in [6.45, 7) is 4.98. The average Bonchev–Trinajstić information content (AvgIpc) is 2.42. The maximum absolute atomic E-state index is 4.62. The first kappa shape index (κ1) is 14.5. The fourth-order valence-corrected chi connectivity index (χ4v) is 2.60. The molecule has 1 N–H and O–H groups in total. The molecule has 0 spiro atoms. The van der Waals surface area contributed by atoms with E-state index in [9.17, 15) is 0 Å². The Morgan fingerprint density at radius 3 is 2.32 bits per heavy atom. The summed E-state index contributed by atoms with van der Waals surface area (Å²) < 4.78 is 2.01. The third-order valence-electron chi connectivity index (χ3n) is 2.70. The zero-order valence-electron chi connectivity index (χ0n) is 10.9. The van der Waals surface area contributed by atoms with Crippen LogP contribution in [0.2, 0.25) is 0 Å². The van der Waals surface area contributed by atoms with E-state index >= 15 is 0 Å². The minimum atomic E-state index is 0.753. The van der Waals surface area contributed by atoms with Crippen LogP contribution >= 0.6 is 31.9 Å². The quantitative estimate of drug-likeness (QED) is 0.832. The van der Waals surface area contributed by atoms with Crippen LogP contribution in [-0.4, -0.2) is 16.5 Å². The molecular formula is C14H15Br2N3. The summed E-state index contributed by atoms with van der Waals surface area (Å²) in [5, 5.41) is 3.26. The second kappa shape index (κ2) is 6.48. The molecule has 0 aliphatic carbocycles. The third kappa shape index (κ3) is 3.34. The highest BCUT2D eigenvalue weighted by Crippen LogP contribution is 2.28. The van der Waals surface area contributed by atoms with Crippen molar-refractivity contribution in [3.8, 4) is 11.4 Å². The van der Waals surface area contributed by atoms with Gasteiger partial charge in [-0.2, -0.15) is 0 Å². The molecule has 100 valence electrons. The van der Waals surface area contributed by atoms with E-state index in [-0.39, 0.29) is 0 Å². The van der Waals surface area contributed by atoms with E-state index < -0.39 is 0 Å². The number of nitrogens with one attached hydrogen (secondary N) is 1. The van der Waals surface area contributed by atoms with Gasteiger partial charge in [0.2, 0.25) is 0 Å². The van der Waals surface area contributed by atoms with Gasteiger partial charge in [-0.05, 0) is 41.4 Å². The van der Waals surface area contributed by atoms with Crippen molar-refractivity contribution < 1.29 is 0 Å². The van der Waals surface area contributed by atoms with Crippen molar-refractivity contribution in [1.82, 2.24) is 9.97 Å². The van der Waals surface area contributed by atoms with Crippen LogP contribution in [0.25, 0.3) is 11.4 Å². The van der Waals surface area contributed by atoms with Gasteiger partial charge in [0.05, 0.1) is 10.2 Å². The van der Waals surface area contributed by atoms with E-state index in [2.05, 4.69) is 61.0 Å². The molecule has 19 heavy (non-hydrogen) atoms. The third-order valence-corrected chi connectivity index (χ3v) is 4.06. The van der Waals surface area contributed by atoms with Crippen LogP contribution in [0.15, 0.2) is 33.2 Å². The molecule has 0 amide bonds. The number of rotatable bonds is 4. The normalized spacial score (nSPS) is 10.5. The lowest BCUT2D eigenvalue weighted by Crippen LogP contribution is -2.05. The monoisotopic (exact) mass is 383 g/mol. The van der Waals surface area contributed by atoms with Crippen molar-refractivity contribution in [3.05, 3.63) is 38.9 Å². The highest BCUT2D eigenvalue weighted by Gasteiger charge is 2.11. The van der Waals surface area contributed by atoms with Gasteiger partial charge in [0.25, 0.3) is 0 Å². The van der Waals surface area contributed by atoms with Gasteiger partial charge >= 0.3 is 0 Å². The lowest BCUT2D eigenvalue weighted by Gasteiger charge is -2.11. The SMILES string of the molecule is CCNc1nc(-c2ccc(Br)cc2)nc(CC)c1Br. The highest BCUT2D eigenvalue weighted by molar-refractivity contribution is 9.11. The minimum Gasteiger partial charge on any atom is -0.369 e. The smallest absolute Gasteiger partial charge is 0.161 e. The Morgan fingerprint density at radius 2 is 1.74 bits per heavy atom. The maximum atomic E-state index is 4.62. The van der Waals surface area contributed by atoms with Gasteiger partial charge in [-0.15, -0.1) is 0 Å². The number of anilines is 1. The molecule has 1 aromatic heterocycles. The van der Waals surface area contributed by atoms with Crippen LogP contribution in [0.4, 0.5) is 5.82 Å². The van der Waals surface area contributed by atoms with Crippen LogP contribution in [-0.2, 0) is 6.42 Å². The lowest BCUT2D eigenvalue weighted by atomic mass is 10.2. The predicted molar refractivity (Wildman–Crippen MR) is 86.4 cm³/mol. The van der Waals surface area contributed by atoms with Crippen LogP contribution in [0, 0.1) is 0 Å². The van der Waals surface area contributed by atoms with Crippen LogP contribution in [0.1, 0.15) is 19.5 Å². The van der Waals surface area contributed by atoms with Crippen LogP contribution in [0.3, 0.4) is 0 Å². The number of aryl methyl sites for hydroxylation is 1. The fraction of sp³-hybridized carbons (Fsp3) is 0.286. The van der Waals surface area contributed by atoms with Gasteiger partial charge in [0, 0.05) is 16.6 Å². The molecule has 1 aromatic carbocycles. The van der Waals surface area contributed by atoms with Gasteiger partial charge < -0.3 is 5.32 Å². The first-order valence-corrected chi connectivity index (χ1v) is 7.80. The van der Waals surface area contributed by atoms with Gasteiger partial charge in [-0.1, -0.05) is 35.0 Å². The van der Waals surface area contributed by atoms with E-state index in [1.807, 2.05) is 24.3 Å². The van der Waals surface area contributed by atoms with Crippen molar-refractivity contribution in [2.75, 3.05) is 11.9 Å². The van der Waals surface area contributed by atoms with Crippen molar-refractivity contribution in [2.45, 2.75) is 20.3 Å². The number of nitrogens with zero attached hydrogens (tertiary/aromatic N) is 2. The number of benzene rings is 1. The second-order valence-corrected chi connectivity index (χ2v) is 5.76. The summed E-state index contributed by atoms with van der Waals surface area (Å²) in [4.78, 5) is 9.21. The Balaban J connectivity index is 2.51. The summed E-state index contributed by atoms with van der Waals surface area (Å²) in [5.74, 6) is 1.61. The fourth-order valence-electron chi connectivity index (χ4n) is 1.74. The van der Waals surface area contributed by atoms with Crippen LogP contribution in [0.5, 0.6) is 0 Å². The largest absolute Gasteiger partial charge is 0.369 e. The van der Waals surface area contributed by atoms with Gasteiger partial charge in [0.1, 0.15) is 5.82 Å². The molecule has 0 saturated carbocycles.